The molecule has 7 nitrogen and oxygen atoms in total. The van der Waals surface area contributed by atoms with Gasteiger partial charge in [-0.1, -0.05) is 23.4 Å². The summed E-state index contributed by atoms with van der Waals surface area (Å²) >= 11 is 0. The number of hydrogen-bond donors (Lipinski definition) is 1. The van der Waals surface area contributed by atoms with Gasteiger partial charge >= 0.3 is 0 Å². The zero-order valence-corrected chi connectivity index (χ0v) is 17.5. The number of ether oxygens (including phenoxy) is 1. The second kappa shape index (κ2) is 8.57. The van der Waals surface area contributed by atoms with Crippen molar-refractivity contribution >= 4 is 11.6 Å². The van der Waals surface area contributed by atoms with Crippen LogP contribution in [-0.2, 0) is 13.0 Å². The number of rotatable bonds is 6. The van der Waals surface area contributed by atoms with E-state index in [9.17, 15) is 4.79 Å². The topological polar surface area (TPSA) is 80.5 Å². The van der Waals surface area contributed by atoms with E-state index in [0.717, 1.165) is 47.5 Å². The molecule has 0 unspecified atom stereocenters. The third kappa shape index (κ3) is 4.15. The number of carbonyl (C=O) groups is 1. The summed E-state index contributed by atoms with van der Waals surface area (Å²) in [6.45, 7) is 5.31. The zero-order valence-electron chi connectivity index (χ0n) is 17.5. The van der Waals surface area contributed by atoms with Crippen LogP contribution < -0.4 is 15.0 Å². The quantitative estimate of drug-likeness (QED) is 0.670. The second-order valence-electron chi connectivity index (χ2n) is 7.70. The van der Waals surface area contributed by atoms with E-state index in [1.54, 1.807) is 7.11 Å². The molecule has 0 saturated heterocycles. The average molecular weight is 406 g/mol. The number of nitrogens with one attached hydrogen (secondary N) is 1. The number of fused-ring (bicyclic) bond motifs is 1. The average Bonchev–Trinajstić information content (AvgIpc) is 3.22. The van der Waals surface area contributed by atoms with Crippen molar-refractivity contribution in [3.8, 4) is 17.1 Å². The Hall–Kier alpha value is -3.35. The molecule has 1 aromatic heterocycles. The van der Waals surface area contributed by atoms with E-state index in [0.29, 0.717) is 18.3 Å². The van der Waals surface area contributed by atoms with Crippen LogP contribution in [0.25, 0.3) is 11.4 Å². The van der Waals surface area contributed by atoms with Gasteiger partial charge in [-0.15, -0.1) is 0 Å². The lowest BCUT2D eigenvalue weighted by molar-refractivity contribution is 0.0942. The monoisotopic (exact) mass is 406 g/mol. The Kier molecular flexibility index (Phi) is 5.70. The molecule has 0 fully saturated rings. The first-order chi connectivity index (χ1) is 14.5. The van der Waals surface area contributed by atoms with Gasteiger partial charge in [-0.3, -0.25) is 4.79 Å². The fourth-order valence-electron chi connectivity index (χ4n) is 3.78. The van der Waals surface area contributed by atoms with Gasteiger partial charge in [-0.2, -0.15) is 4.98 Å². The van der Waals surface area contributed by atoms with Gasteiger partial charge in [-0.25, -0.2) is 0 Å². The highest BCUT2D eigenvalue weighted by molar-refractivity contribution is 5.97. The van der Waals surface area contributed by atoms with E-state index in [1.165, 1.54) is 0 Å². The Labute approximate surface area is 176 Å². The van der Waals surface area contributed by atoms with E-state index in [-0.39, 0.29) is 11.9 Å². The smallest absolute Gasteiger partial charge is 0.251 e. The first kappa shape index (κ1) is 19.9. The minimum absolute atomic E-state index is 0.0261. The molecule has 4 rings (SSSR count). The molecule has 1 amide bonds. The number of nitrogens with zero attached hydrogens (tertiary/aromatic N) is 3. The summed E-state index contributed by atoms with van der Waals surface area (Å²) in [7, 11) is 1.63. The molecule has 0 atom stereocenters. The largest absolute Gasteiger partial charge is 0.497 e. The van der Waals surface area contributed by atoms with Crippen molar-refractivity contribution in [2.75, 3.05) is 18.6 Å². The van der Waals surface area contributed by atoms with Crippen molar-refractivity contribution in [3.05, 3.63) is 59.5 Å². The lowest BCUT2D eigenvalue weighted by atomic mass is 9.95. The van der Waals surface area contributed by atoms with Crippen LogP contribution in [-0.4, -0.2) is 35.7 Å². The Morgan fingerprint density at radius 3 is 2.90 bits per heavy atom. The minimum Gasteiger partial charge on any atom is -0.497 e. The number of benzene rings is 2. The molecule has 0 saturated carbocycles. The highest BCUT2D eigenvalue weighted by Crippen LogP contribution is 2.31. The predicted octanol–water partition coefficient (Wildman–Crippen LogP) is 3.84. The molecular formula is C23H26N4O3. The van der Waals surface area contributed by atoms with E-state index in [2.05, 4.69) is 26.4 Å². The SMILES string of the molecule is COc1cccc(-c2noc(CN3CCCc4c(C(=O)NC(C)C)cccc43)n2)c1. The normalized spacial score (nSPS) is 13.3. The summed E-state index contributed by atoms with van der Waals surface area (Å²) in [4.78, 5) is 19.4. The first-order valence-corrected chi connectivity index (χ1v) is 10.2. The van der Waals surface area contributed by atoms with Crippen LogP contribution in [0.4, 0.5) is 5.69 Å². The molecule has 0 spiro atoms. The molecular weight excluding hydrogens is 380 g/mol. The van der Waals surface area contributed by atoms with Gasteiger partial charge in [0, 0.05) is 29.4 Å². The summed E-state index contributed by atoms with van der Waals surface area (Å²) in [5, 5.41) is 7.13. The maximum absolute atomic E-state index is 12.6. The lowest BCUT2D eigenvalue weighted by Gasteiger charge is -2.31. The van der Waals surface area contributed by atoms with E-state index in [1.807, 2.05) is 50.2 Å². The van der Waals surface area contributed by atoms with Crippen LogP contribution in [0.5, 0.6) is 5.75 Å². The molecule has 2 aromatic carbocycles. The predicted molar refractivity (Wildman–Crippen MR) is 115 cm³/mol. The van der Waals surface area contributed by atoms with Crippen LogP contribution >= 0.6 is 0 Å². The maximum Gasteiger partial charge on any atom is 0.251 e. The Balaban J connectivity index is 1.56. The highest BCUT2D eigenvalue weighted by Gasteiger charge is 2.24. The van der Waals surface area contributed by atoms with Gasteiger partial charge in [0.15, 0.2) is 0 Å². The van der Waals surface area contributed by atoms with Crippen molar-refractivity contribution in [2.24, 2.45) is 0 Å². The van der Waals surface area contributed by atoms with Gasteiger partial charge in [0.1, 0.15) is 5.75 Å². The summed E-state index contributed by atoms with van der Waals surface area (Å²) in [6, 6.07) is 13.6. The summed E-state index contributed by atoms with van der Waals surface area (Å²) in [5.74, 6) is 1.79. The Bertz CT molecular complexity index is 1040. The number of amides is 1. The van der Waals surface area contributed by atoms with E-state index >= 15 is 0 Å². The van der Waals surface area contributed by atoms with Crippen molar-refractivity contribution in [1.82, 2.24) is 15.5 Å². The second-order valence-corrected chi connectivity index (χ2v) is 7.70. The molecule has 0 bridgehead atoms. The van der Waals surface area contributed by atoms with Crippen molar-refractivity contribution in [3.63, 3.8) is 0 Å². The van der Waals surface area contributed by atoms with Crippen molar-refractivity contribution in [1.29, 1.82) is 0 Å². The number of methoxy groups -OCH3 is 1. The molecule has 2 heterocycles. The van der Waals surface area contributed by atoms with E-state index < -0.39 is 0 Å². The Morgan fingerprint density at radius 1 is 1.27 bits per heavy atom. The van der Waals surface area contributed by atoms with Gasteiger partial charge in [0.05, 0.1) is 13.7 Å². The molecule has 1 aliphatic heterocycles. The van der Waals surface area contributed by atoms with Gasteiger partial charge in [0.2, 0.25) is 11.7 Å². The molecule has 1 N–H and O–H groups in total. The highest BCUT2D eigenvalue weighted by atomic mass is 16.5. The minimum atomic E-state index is -0.0261. The number of hydrogen-bond acceptors (Lipinski definition) is 6. The third-order valence-corrected chi connectivity index (χ3v) is 5.13. The van der Waals surface area contributed by atoms with Crippen LogP contribution in [0.3, 0.4) is 0 Å². The van der Waals surface area contributed by atoms with E-state index in [4.69, 9.17) is 9.26 Å². The van der Waals surface area contributed by atoms with Crippen molar-refractivity contribution in [2.45, 2.75) is 39.3 Å². The first-order valence-electron chi connectivity index (χ1n) is 10.2. The van der Waals surface area contributed by atoms with Crippen LogP contribution in [0.15, 0.2) is 47.0 Å². The molecule has 3 aromatic rings. The van der Waals surface area contributed by atoms with Gasteiger partial charge in [-0.05, 0) is 56.5 Å². The van der Waals surface area contributed by atoms with Gasteiger partial charge in [0.25, 0.3) is 5.91 Å². The van der Waals surface area contributed by atoms with Crippen LogP contribution in [0.2, 0.25) is 0 Å². The maximum atomic E-state index is 12.6. The zero-order chi connectivity index (χ0) is 21.1. The molecule has 7 heteroatoms. The van der Waals surface area contributed by atoms with Crippen molar-refractivity contribution < 1.29 is 14.1 Å². The number of carbonyl (C=O) groups excluding carboxylic acids is 1. The molecule has 30 heavy (non-hydrogen) atoms. The summed E-state index contributed by atoms with van der Waals surface area (Å²) in [6.07, 6.45) is 1.85. The molecule has 1 aliphatic rings. The summed E-state index contributed by atoms with van der Waals surface area (Å²) < 4.78 is 10.8. The summed E-state index contributed by atoms with van der Waals surface area (Å²) in [5.41, 5.74) is 3.72. The standard InChI is InChI=1S/C23H26N4O3/c1-15(2)24-23(28)19-9-5-11-20-18(19)10-6-12-27(20)14-21-25-22(26-30-21)16-7-4-8-17(13-16)29-3/h4-5,7-9,11,13,15H,6,10,12,14H2,1-3H3,(H,24,28). The molecule has 156 valence electrons. The van der Waals surface area contributed by atoms with Crippen LogP contribution in [0.1, 0.15) is 42.1 Å². The fraction of sp³-hybridized carbons (Fsp3) is 0.348. The number of anilines is 1. The fourth-order valence-corrected chi connectivity index (χ4v) is 3.78. The Morgan fingerprint density at radius 2 is 2.10 bits per heavy atom. The molecule has 0 radical (unpaired) electrons. The third-order valence-electron chi connectivity index (χ3n) is 5.13. The lowest BCUT2D eigenvalue weighted by Crippen LogP contribution is -2.34. The molecule has 0 aliphatic carbocycles. The van der Waals surface area contributed by atoms with Crippen LogP contribution in [0, 0.1) is 0 Å². The number of aromatic nitrogens is 2. The van der Waals surface area contributed by atoms with Gasteiger partial charge < -0.3 is 19.5 Å².